The van der Waals surface area contributed by atoms with Crippen molar-refractivity contribution in [3.8, 4) is 0 Å². The Labute approximate surface area is 180 Å². The Morgan fingerprint density at radius 1 is 1.20 bits per heavy atom. The number of carbonyl (C=O) groups excluding carboxylic acids is 2. The number of piperazine rings is 1. The molecule has 164 valence electrons. The number of aliphatic hydroxyl groups is 1. The molecule has 5 rings (SSSR count). The number of rotatable bonds is 3. The summed E-state index contributed by atoms with van der Waals surface area (Å²) in [7, 11) is 0. The van der Waals surface area contributed by atoms with Crippen LogP contribution in [-0.4, -0.2) is 59.9 Å². The average molecular weight is 413 g/mol. The lowest BCUT2D eigenvalue weighted by Gasteiger charge is -2.54. The molecular weight excluding hydrogens is 376 g/mol. The number of Topliss-reactive ketones (excluding diaryl/α,β-unsaturated/α-hetero) is 1. The number of hydrogen-bond acceptors (Lipinski definition) is 5. The molecule has 4 aliphatic carbocycles. The van der Waals surface area contributed by atoms with Crippen molar-refractivity contribution in [3.63, 3.8) is 0 Å². The summed E-state index contributed by atoms with van der Waals surface area (Å²) in [4.78, 5) is 27.6. The van der Waals surface area contributed by atoms with Crippen LogP contribution >= 0.6 is 0 Å². The van der Waals surface area contributed by atoms with Gasteiger partial charge in [0.2, 0.25) is 0 Å². The van der Waals surface area contributed by atoms with Crippen molar-refractivity contribution in [1.29, 1.82) is 0 Å². The molecule has 3 fully saturated rings. The lowest BCUT2D eigenvalue weighted by Crippen LogP contribution is -2.58. The molecule has 1 heterocycles. The van der Waals surface area contributed by atoms with Gasteiger partial charge < -0.3 is 10.4 Å². The van der Waals surface area contributed by atoms with Crippen molar-refractivity contribution in [2.75, 3.05) is 32.7 Å². The largest absolute Gasteiger partial charge is 0.381 e. The summed E-state index contributed by atoms with van der Waals surface area (Å²) >= 11 is 0. The van der Waals surface area contributed by atoms with Crippen LogP contribution in [0, 0.1) is 22.7 Å². The molecule has 0 amide bonds. The molecule has 30 heavy (non-hydrogen) atoms. The summed E-state index contributed by atoms with van der Waals surface area (Å²) in [5.41, 5.74) is 1.21. The second-order valence-electron chi connectivity index (χ2n) is 10.8. The summed E-state index contributed by atoms with van der Waals surface area (Å²) in [5, 5.41) is 15.1. The Hall–Kier alpha value is -1.30. The van der Waals surface area contributed by atoms with Gasteiger partial charge in [0.15, 0.2) is 11.6 Å². The van der Waals surface area contributed by atoms with Gasteiger partial charge in [-0.1, -0.05) is 31.1 Å². The first-order valence-electron chi connectivity index (χ1n) is 11.9. The maximum atomic E-state index is 13.4. The van der Waals surface area contributed by atoms with E-state index in [2.05, 4.69) is 30.1 Å². The maximum absolute atomic E-state index is 13.4. The van der Waals surface area contributed by atoms with Crippen molar-refractivity contribution < 1.29 is 14.7 Å². The van der Waals surface area contributed by atoms with E-state index >= 15 is 0 Å². The second-order valence-corrected chi connectivity index (χ2v) is 10.8. The van der Waals surface area contributed by atoms with Crippen LogP contribution in [0.4, 0.5) is 0 Å². The van der Waals surface area contributed by atoms with Crippen molar-refractivity contribution >= 4 is 11.6 Å². The smallest absolute Gasteiger partial charge is 0.178 e. The normalized spacial score (nSPS) is 43.9. The number of fused-ring (bicyclic) bond motifs is 5. The summed E-state index contributed by atoms with van der Waals surface area (Å²) < 4.78 is 0. The fraction of sp³-hybridized carbons (Fsp3) is 0.760. The van der Waals surface area contributed by atoms with Crippen LogP contribution in [0.5, 0.6) is 0 Å². The van der Waals surface area contributed by atoms with E-state index < -0.39 is 5.60 Å². The predicted octanol–water partition coefficient (Wildman–Crippen LogP) is 2.64. The average Bonchev–Trinajstić information content (AvgIpc) is 3.01. The van der Waals surface area contributed by atoms with Gasteiger partial charge in [-0.3, -0.25) is 14.5 Å². The van der Waals surface area contributed by atoms with Gasteiger partial charge in [-0.2, -0.15) is 0 Å². The van der Waals surface area contributed by atoms with Crippen molar-refractivity contribution in [2.45, 2.75) is 64.4 Å². The SMILES string of the molecule is C[C@]12CCC(=O)C=C1CC[C@@H]1C2=CC[C@@]2(C)[C@H]1CC[C@]2(O)C(=O)CN1CCNCC1. The maximum Gasteiger partial charge on any atom is 0.178 e. The fourth-order valence-electron chi connectivity index (χ4n) is 7.53. The Bertz CT molecular complexity index is 826. The van der Waals surface area contributed by atoms with Gasteiger partial charge >= 0.3 is 0 Å². The first-order chi connectivity index (χ1) is 14.3. The molecule has 5 nitrogen and oxygen atoms in total. The monoisotopic (exact) mass is 412 g/mol. The van der Waals surface area contributed by atoms with Gasteiger partial charge in [-0.15, -0.1) is 0 Å². The van der Waals surface area contributed by atoms with Gasteiger partial charge in [-0.05, 0) is 56.4 Å². The third-order valence-corrected chi connectivity index (χ3v) is 9.53. The summed E-state index contributed by atoms with van der Waals surface area (Å²) in [6.45, 7) is 8.44. The van der Waals surface area contributed by atoms with Gasteiger partial charge in [0.1, 0.15) is 5.60 Å². The van der Waals surface area contributed by atoms with E-state index in [1.54, 1.807) is 0 Å². The van der Waals surface area contributed by atoms with E-state index in [1.165, 1.54) is 11.1 Å². The van der Waals surface area contributed by atoms with Crippen LogP contribution < -0.4 is 5.32 Å². The molecule has 0 spiro atoms. The zero-order valence-corrected chi connectivity index (χ0v) is 18.5. The summed E-state index contributed by atoms with van der Waals surface area (Å²) in [6, 6.07) is 0. The lowest BCUT2D eigenvalue weighted by atomic mass is 9.50. The molecule has 5 aliphatic rings. The molecule has 5 heteroatoms. The first-order valence-corrected chi connectivity index (χ1v) is 11.9. The van der Waals surface area contributed by atoms with Gasteiger partial charge in [0.05, 0.1) is 6.54 Å². The second kappa shape index (κ2) is 7.11. The van der Waals surface area contributed by atoms with E-state index in [4.69, 9.17) is 0 Å². The first kappa shape index (κ1) is 20.6. The number of nitrogens with zero attached hydrogens (tertiary/aromatic N) is 1. The minimum atomic E-state index is -1.22. The molecule has 0 aromatic rings. The van der Waals surface area contributed by atoms with Gasteiger partial charge in [0, 0.05) is 43.4 Å². The van der Waals surface area contributed by atoms with Crippen LogP contribution in [0.2, 0.25) is 0 Å². The van der Waals surface area contributed by atoms with Gasteiger partial charge in [0.25, 0.3) is 0 Å². The van der Waals surface area contributed by atoms with E-state index in [9.17, 15) is 14.7 Å². The molecule has 5 atom stereocenters. The fourth-order valence-corrected chi connectivity index (χ4v) is 7.53. The highest BCUT2D eigenvalue weighted by atomic mass is 16.3. The Balaban J connectivity index is 1.43. The standard InChI is InChI=1S/C25H36N2O3/c1-23-8-5-18(28)15-17(23)3-4-19-20(23)6-9-24(2)21(19)7-10-25(24,30)22(29)16-27-13-11-26-12-14-27/h6,15,19,21,26,30H,3-5,7-14,16H2,1-2H3/t19-,21+,23+,24+,25+/m1/s1. The predicted molar refractivity (Wildman–Crippen MR) is 116 cm³/mol. The quantitative estimate of drug-likeness (QED) is 0.698. The number of nitrogens with one attached hydrogen (secondary N) is 1. The molecule has 1 aliphatic heterocycles. The minimum Gasteiger partial charge on any atom is -0.381 e. The number of hydrogen-bond donors (Lipinski definition) is 2. The van der Waals surface area contributed by atoms with E-state index in [0.717, 1.165) is 58.3 Å². The molecule has 0 bridgehead atoms. The number of ketones is 2. The molecule has 0 aromatic heterocycles. The van der Waals surface area contributed by atoms with Crippen LogP contribution in [0.25, 0.3) is 0 Å². The van der Waals surface area contributed by atoms with Crippen molar-refractivity contribution in [1.82, 2.24) is 10.2 Å². The molecular formula is C25H36N2O3. The molecule has 0 radical (unpaired) electrons. The minimum absolute atomic E-state index is 0.00364. The highest BCUT2D eigenvalue weighted by molar-refractivity contribution is 5.92. The van der Waals surface area contributed by atoms with Crippen LogP contribution in [-0.2, 0) is 9.59 Å². The molecule has 2 saturated carbocycles. The highest BCUT2D eigenvalue weighted by Gasteiger charge is 2.64. The van der Waals surface area contributed by atoms with Gasteiger partial charge in [-0.25, -0.2) is 0 Å². The Kier molecular flexibility index (Phi) is 4.88. The van der Waals surface area contributed by atoms with E-state index in [-0.39, 0.29) is 22.4 Å². The highest BCUT2D eigenvalue weighted by Crippen LogP contribution is 2.65. The summed E-state index contributed by atoms with van der Waals surface area (Å²) in [5.74, 6) is 1.08. The topological polar surface area (TPSA) is 69.6 Å². The Morgan fingerprint density at radius 2 is 1.97 bits per heavy atom. The van der Waals surface area contributed by atoms with Crippen LogP contribution in [0.1, 0.15) is 58.8 Å². The zero-order chi connectivity index (χ0) is 21.1. The third kappa shape index (κ3) is 2.85. The summed E-state index contributed by atoms with van der Waals surface area (Å²) in [6.07, 6.45) is 10.1. The van der Waals surface area contributed by atoms with E-state index in [0.29, 0.717) is 31.2 Å². The zero-order valence-electron chi connectivity index (χ0n) is 18.5. The van der Waals surface area contributed by atoms with Crippen LogP contribution in [0.15, 0.2) is 23.3 Å². The van der Waals surface area contributed by atoms with Crippen molar-refractivity contribution in [2.24, 2.45) is 22.7 Å². The van der Waals surface area contributed by atoms with E-state index in [1.807, 2.05) is 6.08 Å². The Morgan fingerprint density at radius 3 is 2.73 bits per heavy atom. The third-order valence-electron chi connectivity index (χ3n) is 9.53. The molecule has 1 saturated heterocycles. The lowest BCUT2D eigenvalue weighted by molar-refractivity contribution is -0.154. The number of allylic oxidation sites excluding steroid dienone is 4. The van der Waals surface area contributed by atoms with Crippen molar-refractivity contribution in [3.05, 3.63) is 23.3 Å². The molecule has 0 aromatic carbocycles. The number of carbonyl (C=O) groups is 2. The van der Waals surface area contributed by atoms with Crippen LogP contribution in [0.3, 0.4) is 0 Å². The molecule has 0 unspecified atom stereocenters. The molecule has 2 N–H and O–H groups in total.